The zero-order valence-electron chi connectivity index (χ0n) is 12.9. The minimum Gasteiger partial charge on any atom is -0.478 e. The van der Waals surface area contributed by atoms with Crippen LogP contribution in [-0.4, -0.2) is 61.4 Å². The van der Waals surface area contributed by atoms with Crippen molar-refractivity contribution in [2.75, 3.05) is 32.7 Å². The molecule has 1 aliphatic rings. The first-order valence-corrected chi connectivity index (χ1v) is 8.80. The number of piperazine rings is 1. The van der Waals surface area contributed by atoms with Gasteiger partial charge >= 0.3 is 5.97 Å². The van der Waals surface area contributed by atoms with Gasteiger partial charge in [0.15, 0.2) is 0 Å². The van der Waals surface area contributed by atoms with Gasteiger partial charge in [0.05, 0.1) is 10.5 Å². The lowest BCUT2D eigenvalue weighted by atomic mass is 10.2. The summed E-state index contributed by atoms with van der Waals surface area (Å²) in [5.41, 5.74) is 0.0840. The molecule has 1 aromatic rings. The normalized spacial score (nSPS) is 17.8. The number of carbonyl (C=O) groups is 1. The molecule has 0 amide bonds. The molecule has 122 valence electrons. The molecule has 0 unspecified atom stereocenters. The molecule has 1 aromatic carbocycles. The van der Waals surface area contributed by atoms with Gasteiger partial charge in [0.25, 0.3) is 0 Å². The average Bonchev–Trinajstić information content (AvgIpc) is 2.47. The molecule has 0 radical (unpaired) electrons. The van der Waals surface area contributed by atoms with Crippen LogP contribution in [0.4, 0.5) is 0 Å². The first-order chi connectivity index (χ1) is 10.3. The van der Waals surface area contributed by atoms with Gasteiger partial charge in [-0.3, -0.25) is 0 Å². The van der Waals surface area contributed by atoms with E-state index < -0.39 is 16.0 Å². The lowest BCUT2D eigenvalue weighted by Crippen LogP contribution is -2.49. The van der Waals surface area contributed by atoms with Gasteiger partial charge in [-0.2, -0.15) is 4.31 Å². The Kier molecular flexibility index (Phi) is 5.20. The maximum atomic E-state index is 12.6. The Hall–Kier alpha value is -1.44. The van der Waals surface area contributed by atoms with Crippen LogP contribution in [0.25, 0.3) is 0 Å². The third kappa shape index (κ3) is 3.85. The molecule has 1 heterocycles. The number of nitrogens with zero attached hydrogens (tertiary/aromatic N) is 2. The van der Waals surface area contributed by atoms with Crippen LogP contribution in [0.5, 0.6) is 0 Å². The van der Waals surface area contributed by atoms with Gasteiger partial charge < -0.3 is 10.0 Å². The van der Waals surface area contributed by atoms with E-state index in [1.165, 1.54) is 28.6 Å². The van der Waals surface area contributed by atoms with Gasteiger partial charge in [-0.15, -0.1) is 0 Å². The second-order valence-corrected chi connectivity index (χ2v) is 7.87. The Morgan fingerprint density at radius 1 is 1.14 bits per heavy atom. The second kappa shape index (κ2) is 6.76. The number of hydrogen-bond donors (Lipinski definition) is 1. The zero-order valence-corrected chi connectivity index (χ0v) is 13.7. The molecular formula is C15H22N2O4S. The first kappa shape index (κ1) is 16.9. The highest BCUT2D eigenvalue weighted by Gasteiger charge is 2.28. The fourth-order valence-electron chi connectivity index (χ4n) is 2.59. The molecule has 0 saturated carbocycles. The molecular weight excluding hydrogens is 304 g/mol. The van der Waals surface area contributed by atoms with E-state index in [1.807, 2.05) is 0 Å². The van der Waals surface area contributed by atoms with Gasteiger partial charge in [0.2, 0.25) is 10.0 Å². The topological polar surface area (TPSA) is 77.9 Å². The van der Waals surface area contributed by atoms with Gasteiger partial charge in [0, 0.05) is 32.7 Å². The summed E-state index contributed by atoms with van der Waals surface area (Å²) in [6.45, 7) is 7.65. The van der Waals surface area contributed by atoms with Gasteiger partial charge in [-0.05, 0) is 30.2 Å². The molecule has 1 saturated heterocycles. The molecule has 0 atom stereocenters. The molecule has 6 nitrogen and oxygen atoms in total. The number of sulfonamides is 1. The Bertz CT molecular complexity index is 617. The zero-order chi connectivity index (χ0) is 16.3. The van der Waals surface area contributed by atoms with E-state index in [9.17, 15) is 13.2 Å². The number of hydrogen-bond acceptors (Lipinski definition) is 4. The van der Waals surface area contributed by atoms with Crippen LogP contribution in [0.2, 0.25) is 0 Å². The van der Waals surface area contributed by atoms with Crippen LogP contribution >= 0.6 is 0 Å². The molecule has 0 aliphatic carbocycles. The van der Waals surface area contributed by atoms with E-state index in [0.717, 1.165) is 19.6 Å². The fraction of sp³-hybridized carbons (Fsp3) is 0.533. The molecule has 1 N–H and O–H groups in total. The van der Waals surface area contributed by atoms with Crippen molar-refractivity contribution in [3.05, 3.63) is 29.8 Å². The van der Waals surface area contributed by atoms with Crippen molar-refractivity contribution < 1.29 is 18.3 Å². The standard InChI is InChI=1S/C15H22N2O4S/c1-12(2)11-16-7-9-17(10-8-16)22(20,21)14-5-3-13(4-6-14)15(18)19/h3-6,12H,7-11H2,1-2H3,(H,18,19). The van der Waals surface area contributed by atoms with E-state index in [-0.39, 0.29) is 10.5 Å². The summed E-state index contributed by atoms with van der Waals surface area (Å²) in [7, 11) is -3.54. The minimum atomic E-state index is -3.54. The summed E-state index contributed by atoms with van der Waals surface area (Å²) in [6, 6.07) is 5.37. The Labute approximate surface area is 131 Å². The van der Waals surface area contributed by atoms with E-state index in [2.05, 4.69) is 18.7 Å². The second-order valence-electron chi connectivity index (χ2n) is 5.93. The van der Waals surface area contributed by atoms with Crippen molar-refractivity contribution in [1.29, 1.82) is 0 Å². The molecule has 22 heavy (non-hydrogen) atoms. The summed E-state index contributed by atoms with van der Waals surface area (Å²) < 4.78 is 26.6. The molecule has 1 aliphatic heterocycles. The average molecular weight is 326 g/mol. The summed E-state index contributed by atoms with van der Waals surface area (Å²) in [6.07, 6.45) is 0. The predicted octanol–water partition coefficient (Wildman–Crippen LogP) is 1.35. The Morgan fingerprint density at radius 3 is 2.14 bits per heavy atom. The maximum Gasteiger partial charge on any atom is 0.335 e. The highest BCUT2D eigenvalue weighted by molar-refractivity contribution is 7.89. The van der Waals surface area contributed by atoms with E-state index in [4.69, 9.17) is 5.11 Å². The first-order valence-electron chi connectivity index (χ1n) is 7.36. The molecule has 7 heteroatoms. The lowest BCUT2D eigenvalue weighted by Gasteiger charge is -2.34. The van der Waals surface area contributed by atoms with Crippen molar-refractivity contribution in [2.45, 2.75) is 18.7 Å². The van der Waals surface area contributed by atoms with Crippen LogP contribution in [0.3, 0.4) is 0 Å². The van der Waals surface area contributed by atoms with E-state index in [1.54, 1.807) is 0 Å². The van der Waals surface area contributed by atoms with Crippen LogP contribution in [0, 0.1) is 5.92 Å². The van der Waals surface area contributed by atoms with Crippen LogP contribution < -0.4 is 0 Å². The summed E-state index contributed by atoms with van der Waals surface area (Å²) >= 11 is 0. The third-order valence-corrected chi connectivity index (χ3v) is 5.61. The smallest absolute Gasteiger partial charge is 0.335 e. The molecule has 0 aromatic heterocycles. The van der Waals surface area contributed by atoms with E-state index >= 15 is 0 Å². The van der Waals surface area contributed by atoms with Crippen molar-refractivity contribution >= 4 is 16.0 Å². The number of carboxylic acid groups (broad SMARTS) is 1. The Morgan fingerprint density at radius 2 is 1.68 bits per heavy atom. The molecule has 1 fully saturated rings. The minimum absolute atomic E-state index is 0.0840. The highest BCUT2D eigenvalue weighted by atomic mass is 32.2. The molecule has 2 rings (SSSR count). The SMILES string of the molecule is CC(C)CN1CCN(S(=O)(=O)c2ccc(C(=O)O)cc2)CC1. The van der Waals surface area contributed by atoms with E-state index in [0.29, 0.717) is 19.0 Å². The van der Waals surface area contributed by atoms with Crippen LogP contribution in [0.1, 0.15) is 24.2 Å². The van der Waals surface area contributed by atoms with Crippen LogP contribution in [0.15, 0.2) is 29.2 Å². The fourth-order valence-corrected chi connectivity index (χ4v) is 4.01. The number of benzene rings is 1. The largest absolute Gasteiger partial charge is 0.478 e. The van der Waals surface area contributed by atoms with Crippen LogP contribution in [-0.2, 0) is 10.0 Å². The quantitative estimate of drug-likeness (QED) is 0.883. The maximum absolute atomic E-state index is 12.6. The van der Waals surface area contributed by atoms with Gasteiger partial charge in [-0.1, -0.05) is 13.8 Å². The van der Waals surface area contributed by atoms with Gasteiger partial charge in [0.1, 0.15) is 0 Å². The Balaban J connectivity index is 2.06. The van der Waals surface area contributed by atoms with Crippen molar-refractivity contribution in [3.8, 4) is 0 Å². The molecule has 0 bridgehead atoms. The molecule has 0 spiro atoms. The number of rotatable bonds is 5. The van der Waals surface area contributed by atoms with Gasteiger partial charge in [-0.25, -0.2) is 13.2 Å². The predicted molar refractivity (Wildman–Crippen MR) is 83.4 cm³/mol. The lowest BCUT2D eigenvalue weighted by molar-refractivity contribution is 0.0696. The number of carboxylic acids is 1. The van der Waals surface area contributed by atoms with Crippen molar-refractivity contribution in [1.82, 2.24) is 9.21 Å². The summed E-state index contributed by atoms with van der Waals surface area (Å²) in [4.78, 5) is 13.2. The van der Waals surface area contributed by atoms with Crippen molar-refractivity contribution in [3.63, 3.8) is 0 Å². The third-order valence-electron chi connectivity index (χ3n) is 3.69. The summed E-state index contributed by atoms with van der Waals surface area (Å²) in [5.74, 6) is -0.502. The monoisotopic (exact) mass is 326 g/mol. The summed E-state index contributed by atoms with van der Waals surface area (Å²) in [5, 5.41) is 8.86. The highest BCUT2D eigenvalue weighted by Crippen LogP contribution is 2.18. The van der Waals surface area contributed by atoms with Crippen molar-refractivity contribution in [2.24, 2.45) is 5.92 Å². The number of aromatic carboxylic acids is 1.